The zero-order valence-electron chi connectivity index (χ0n) is 16.5. The van der Waals surface area contributed by atoms with Gasteiger partial charge in [-0.05, 0) is 19.2 Å². The van der Waals surface area contributed by atoms with Crippen molar-refractivity contribution >= 4 is 11.6 Å². The minimum atomic E-state index is 0.110. The van der Waals surface area contributed by atoms with Crippen LogP contribution in [-0.4, -0.2) is 47.9 Å². The van der Waals surface area contributed by atoms with Crippen molar-refractivity contribution in [2.45, 2.75) is 6.42 Å². The van der Waals surface area contributed by atoms with Gasteiger partial charge >= 0.3 is 0 Å². The molecule has 0 atom stereocenters. The van der Waals surface area contributed by atoms with E-state index < -0.39 is 0 Å². The van der Waals surface area contributed by atoms with Crippen molar-refractivity contribution < 1.29 is 23.7 Å². The van der Waals surface area contributed by atoms with Crippen molar-refractivity contribution in [3.63, 3.8) is 0 Å². The molecule has 148 valence electrons. The van der Waals surface area contributed by atoms with E-state index in [-0.39, 0.29) is 5.91 Å². The molecule has 0 bridgehead atoms. The smallest absolute Gasteiger partial charge is 0.228 e. The van der Waals surface area contributed by atoms with Crippen molar-refractivity contribution in [3.8, 4) is 23.0 Å². The van der Waals surface area contributed by atoms with Crippen LogP contribution in [0.3, 0.4) is 0 Å². The number of methoxy groups -OCH3 is 4. The van der Waals surface area contributed by atoms with E-state index in [4.69, 9.17) is 18.9 Å². The van der Waals surface area contributed by atoms with Gasteiger partial charge in [-0.1, -0.05) is 18.2 Å². The highest BCUT2D eigenvalue weighted by atomic mass is 16.5. The van der Waals surface area contributed by atoms with E-state index in [1.54, 1.807) is 45.5 Å². The number of benzene rings is 2. The van der Waals surface area contributed by atoms with Crippen molar-refractivity contribution in [1.29, 1.82) is 0 Å². The average Bonchev–Trinajstić information content (AvgIpc) is 2.74. The SMILES string of the molecule is CN.COc1cc(N2CCC2=O)cc(OC)c1OC.COc1ccccc1. The van der Waals surface area contributed by atoms with E-state index in [2.05, 4.69) is 5.73 Å². The number of amides is 1. The summed E-state index contributed by atoms with van der Waals surface area (Å²) >= 11 is 0. The van der Waals surface area contributed by atoms with Crippen molar-refractivity contribution in [3.05, 3.63) is 42.5 Å². The number of rotatable bonds is 5. The van der Waals surface area contributed by atoms with Gasteiger partial charge in [-0.15, -0.1) is 0 Å². The summed E-state index contributed by atoms with van der Waals surface area (Å²) in [5.74, 6) is 2.67. The molecule has 1 fully saturated rings. The topological polar surface area (TPSA) is 83.3 Å². The van der Waals surface area contributed by atoms with Gasteiger partial charge in [-0.25, -0.2) is 0 Å². The molecule has 0 aromatic heterocycles. The van der Waals surface area contributed by atoms with Crippen LogP contribution < -0.4 is 29.6 Å². The van der Waals surface area contributed by atoms with Gasteiger partial charge in [-0.2, -0.15) is 0 Å². The fraction of sp³-hybridized carbons (Fsp3) is 0.350. The van der Waals surface area contributed by atoms with Crippen LogP contribution in [0.1, 0.15) is 6.42 Å². The molecule has 0 aliphatic carbocycles. The molecule has 0 unspecified atom stereocenters. The number of carbonyl (C=O) groups is 1. The average molecular weight is 376 g/mol. The van der Waals surface area contributed by atoms with Crippen molar-refractivity contribution in [2.24, 2.45) is 5.73 Å². The fourth-order valence-corrected chi connectivity index (χ4v) is 2.37. The minimum Gasteiger partial charge on any atom is -0.497 e. The van der Waals surface area contributed by atoms with Crippen LogP contribution in [0.15, 0.2) is 42.5 Å². The molecule has 2 aromatic carbocycles. The highest BCUT2D eigenvalue weighted by Crippen LogP contribution is 2.41. The normalized spacial score (nSPS) is 11.8. The number of para-hydroxylation sites is 1. The summed E-state index contributed by atoms with van der Waals surface area (Å²) in [6.45, 7) is 0.734. The van der Waals surface area contributed by atoms with E-state index in [9.17, 15) is 4.79 Å². The van der Waals surface area contributed by atoms with Crippen molar-refractivity contribution in [1.82, 2.24) is 0 Å². The van der Waals surface area contributed by atoms with Crippen LogP contribution in [0, 0.1) is 0 Å². The van der Waals surface area contributed by atoms with Gasteiger partial charge in [-0.3, -0.25) is 4.79 Å². The standard InChI is InChI=1S/C12H15NO4.C7H8O.CH5N/c1-15-9-6-8(13-5-4-11(13)14)7-10(16-2)12(9)17-3;1-8-7-5-3-2-4-6-7;1-2/h6-7H,4-5H2,1-3H3;2-6H,1H3;2H2,1H3. The number of carbonyl (C=O) groups excluding carboxylic acids is 1. The van der Waals surface area contributed by atoms with E-state index in [0.717, 1.165) is 18.0 Å². The zero-order valence-corrected chi connectivity index (χ0v) is 16.5. The van der Waals surface area contributed by atoms with Gasteiger partial charge < -0.3 is 29.6 Å². The Morgan fingerprint density at radius 1 is 0.852 bits per heavy atom. The number of ether oxygens (including phenoxy) is 4. The fourth-order valence-electron chi connectivity index (χ4n) is 2.37. The molecule has 2 aromatic rings. The second kappa shape index (κ2) is 11.6. The number of hydrogen-bond donors (Lipinski definition) is 1. The van der Waals surface area contributed by atoms with Gasteiger partial charge in [0.2, 0.25) is 11.7 Å². The van der Waals surface area contributed by atoms with Gasteiger partial charge in [0.1, 0.15) is 5.75 Å². The lowest BCUT2D eigenvalue weighted by Crippen LogP contribution is -2.43. The summed E-state index contributed by atoms with van der Waals surface area (Å²) in [6.07, 6.45) is 0.594. The van der Waals surface area contributed by atoms with Crippen molar-refractivity contribution in [2.75, 3.05) is 46.9 Å². The summed E-state index contributed by atoms with van der Waals surface area (Å²) in [6, 6.07) is 13.2. The Bertz CT molecular complexity index is 682. The minimum absolute atomic E-state index is 0.110. The number of β-lactam (4-membered cyclic amide) rings is 1. The van der Waals surface area contributed by atoms with Gasteiger partial charge in [0.05, 0.1) is 34.1 Å². The Kier molecular flexibility index (Phi) is 9.53. The van der Waals surface area contributed by atoms with Crippen LogP contribution in [0.4, 0.5) is 5.69 Å². The molecule has 0 saturated carbocycles. The lowest BCUT2D eigenvalue weighted by molar-refractivity contribution is -0.122. The predicted octanol–water partition coefficient (Wildman–Crippen LogP) is 2.72. The van der Waals surface area contributed by atoms with Crippen LogP contribution in [0.5, 0.6) is 23.0 Å². The predicted molar refractivity (Wildman–Crippen MR) is 106 cm³/mol. The summed E-state index contributed by atoms with van der Waals surface area (Å²) < 4.78 is 20.6. The molecule has 1 heterocycles. The third-order valence-electron chi connectivity index (χ3n) is 3.79. The van der Waals surface area contributed by atoms with Crippen LogP contribution in [0.2, 0.25) is 0 Å². The first kappa shape index (κ1) is 22.1. The molecular formula is C20H28N2O5. The lowest BCUT2D eigenvalue weighted by atomic mass is 10.1. The van der Waals surface area contributed by atoms with E-state index in [1.165, 1.54) is 7.05 Å². The molecule has 1 aliphatic heterocycles. The molecule has 1 saturated heterocycles. The molecule has 7 nitrogen and oxygen atoms in total. The highest BCUT2D eigenvalue weighted by molar-refractivity contribution is 5.99. The van der Waals surface area contributed by atoms with Crippen LogP contribution in [0.25, 0.3) is 0 Å². The largest absolute Gasteiger partial charge is 0.497 e. The maximum atomic E-state index is 11.4. The molecule has 3 rings (SSSR count). The third-order valence-corrected chi connectivity index (χ3v) is 3.79. The summed E-state index contributed by atoms with van der Waals surface area (Å²) in [5.41, 5.74) is 5.27. The first-order valence-corrected chi connectivity index (χ1v) is 8.41. The highest BCUT2D eigenvalue weighted by Gasteiger charge is 2.27. The second-order valence-corrected chi connectivity index (χ2v) is 5.20. The first-order chi connectivity index (χ1) is 13.1. The molecule has 27 heavy (non-hydrogen) atoms. The molecular weight excluding hydrogens is 348 g/mol. The lowest BCUT2D eigenvalue weighted by Gasteiger charge is -2.31. The molecule has 2 N–H and O–H groups in total. The Labute approximate surface area is 160 Å². The number of hydrogen-bond acceptors (Lipinski definition) is 6. The van der Waals surface area contributed by atoms with Gasteiger partial charge in [0, 0.05) is 25.1 Å². The number of nitrogens with zero attached hydrogens (tertiary/aromatic N) is 1. The van der Waals surface area contributed by atoms with E-state index >= 15 is 0 Å². The maximum Gasteiger partial charge on any atom is 0.228 e. The Morgan fingerprint density at radius 2 is 1.41 bits per heavy atom. The Balaban J connectivity index is 0.000000305. The maximum absolute atomic E-state index is 11.4. The Hall–Kier alpha value is -2.93. The van der Waals surface area contributed by atoms with Gasteiger partial charge in [0.15, 0.2) is 11.5 Å². The molecule has 0 spiro atoms. The second-order valence-electron chi connectivity index (χ2n) is 5.20. The molecule has 1 aliphatic rings. The molecule has 7 heteroatoms. The summed E-state index contributed by atoms with van der Waals surface area (Å²) in [4.78, 5) is 13.1. The van der Waals surface area contributed by atoms with Gasteiger partial charge in [0.25, 0.3) is 0 Å². The monoisotopic (exact) mass is 376 g/mol. The summed E-state index contributed by atoms with van der Waals surface area (Å²) in [5, 5.41) is 0. The zero-order chi connectivity index (χ0) is 20.2. The first-order valence-electron chi connectivity index (χ1n) is 8.41. The van der Waals surface area contributed by atoms with E-state index in [1.807, 2.05) is 30.3 Å². The Morgan fingerprint density at radius 3 is 1.70 bits per heavy atom. The summed E-state index contributed by atoms with van der Waals surface area (Å²) in [7, 11) is 7.82. The third kappa shape index (κ3) is 5.79. The number of anilines is 1. The molecule has 1 amide bonds. The van der Waals surface area contributed by atoms with E-state index in [0.29, 0.717) is 23.7 Å². The van der Waals surface area contributed by atoms with Crippen LogP contribution in [-0.2, 0) is 4.79 Å². The van der Waals surface area contributed by atoms with Crippen LogP contribution >= 0.6 is 0 Å². The number of nitrogens with two attached hydrogens (primary N) is 1. The quantitative estimate of drug-likeness (QED) is 0.808. The molecule has 0 radical (unpaired) electrons.